The van der Waals surface area contributed by atoms with Gasteiger partial charge in [-0.25, -0.2) is 4.79 Å². The summed E-state index contributed by atoms with van der Waals surface area (Å²) < 4.78 is 13.3. The number of urea groups is 1. The minimum atomic E-state index is -0.565. The molecule has 2 aliphatic heterocycles. The second kappa shape index (κ2) is 12.4. The second-order valence-electron chi connectivity index (χ2n) is 13.9. The van der Waals surface area contributed by atoms with E-state index in [1.807, 2.05) is 66.7 Å². The lowest BCUT2D eigenvalue weighted by atomic mass is 9.65. The summed E-state index contributed by atoms with van der Waals surface area (Å²) in [6, 6.07) is 25.9. The molecule has 6 rings (SSSR count). The van der Waals surface area contributed by atoms with Crippen LogP contribution in [-0.2, 0) is 22.6 Å². The summed E-state index contributed by atoms with van der Waals surface area (Å²) in [6.45, 7) is 9.74. The lowest BCUT2D eigenvalue weighted by molar-refractivity contribution is -0.253. The summed E-state index contributed by atoms with van der Waals surface area (Å²) in [6.07, 6.45) is 3.80. The van der Waals surface area contributed by atoms with Crippen LogP contribution in [0.4, 0.5) is 10.5 Å². The summed E-state index contributed by atoms with van der Waals surface area (Å²) in [5.41, 5.74) is 5.28. The van der Waals surface area contributed by atoms with E-state index in [9.17, 15) is 9.90 Å². The molecule has 3 aliphatic rings. The molecule has 0 radical (unpaired) electrons. The van der Waals surface area contributed by atoms with Crippen LogP contribution in [0, 0.1) is 10.8 Å². The first-order valence-electron chi connectivity index (χ1n) is 15.6. The molecule has 0 aromatic heterocycles. The highest BCUT2D eigenvalue weighted by Gasteiger charge is 2.50. The number of carbonyl (C=O) groups excluding carboxylic acids is 1. The number of fused-ring (bicyclic) bond motifs is 2. The van der Waals surface area contributed by atoms with Gasteiger partial charge in [-0.2, -0.15) is 0 Å². The number of amides is 2. The highest BCUT2D eigenvalue weighted by Crippen LogP contribution is 2.53. The van der Waals surface area contributed by atoms with Crippen molar-refractivity contribution in [2.75, 3.05) is 18.4 Å². The van der Waals surface area contributed by atoms with E-state index in [2.05, 4.69) is 48.4 Å². The molecule has 2 saturated heterocycles. The molecule has 2 heterocycles. The molecule has 3 aromatic rings. The standard InChI is InChI=1S/C36H45N3O4/c1-35(2)18-30-19-36(3,23-35)24-39(30)21-31-17-32(27-14-12-26(22-40)13-15-27)43-33(42-31)28-10-7-11-29(16-28)38-34(41)37-20-25-8-5-4-6-9-25/h4-16,30-33,40H,17-24H2,1-3H3,(H2,37,38,41)/t30?,31-,32+,33+,36?/m0/s1. The largest absolute Gasteiger partial charge is 0.392 e. The molecule has 3 aromatic carbocycles. The molecule has 3 N–H and O–H groups in total. The molecule has 0 spiro atoms. The molecule has 3 fully saturated rings. The molecule has 228 valence electrons. The molecule has 7 heteroatoms. The predicted octanol–water partition coefficient (Wildman–Crippen LogP) is 6.95. The van der Waals surface area contributed by atoms with Crippen molar-refractivity contribution in [3.63, 3.8) is 0 Å². The Labute approximate surface area is 255 Å². The SMILES string of the molecule is CC1(C)CC2CC(C)(CN2C[C@@H]2C[C@H](c3ccc(CO)cc3)O[C@H](c3cccc(NC(=O)NCc4ccccc4)c3)O2)C1. The summed E-state index contributed by atoms with van der Waals surface area (Å²) >= 11 is 0. The fraction of sp³-hybridized carbons (Fsp3) is 0.472. The lowest BCUT2D eigenvalue weighted by Gasteiger charge is -2.41. The number of hydrogen-bond donors (Lipinski definition) is 3. The smallest absolute Gasteiger partial charge is 0.319 e. The summed E-state index contributed by atoms with van der Waals surface area (Å²) in [5.74, 6) is 0. The molecule has 43 heavy (non-hydrogen) atoms. The van der Waals surface area contributed by atoms with Crippen molar-refractivity contribution in [2.45, 2.75) is 84.1 Å². The normalized spacial score (nSPS) is 28.4. The Morgan fingerprint density at radius 1 is 0.930 bits per heavy atom. The van der Waals surface area contributed by atoms with E-state index in [1.54, 1.807) is 0 Å². The molecule has 1 aliphatic carbocycles. The predicted molar refractivity (Wildman–Crippen MR) is 168 cm³/mol. The van der Waals surface area contributed by atoms with Crippen LogP contribution in [0.15, 0.2) is 78.9 Å². The average Bonchev–Trinajstić information content (AvgIpc) is 3.23. The van der Waals surface area contributed by atoms with Crippen LogP contribution in [0.3, 0.4) is 0 Å². The Hall–Kier alpha value is -3.23. The van der Waals surface area contributed by atoms with Gasteiger partial charge in [-0.3, -0.25) is 4.90 Å². The molecule has 2 bridgehead atoms. The Bertz CT molecular complexity index is 1400. The number of carbonyl (C=O) groups is 1. The zero-order valence-corrected chi connectivity index (χ0v) is 25.6. The van der Waals surface area contributed by atoms with Crippen LogP contribution in [0.2, 0.25) is 0 Å². The summed E-state index contributed by atoms with van der Waals surface area (Å²) in [7, 11) is 0. The van der Waals surface area contributed by atoms with Gasteiger partial charge < -0.3 is 25.2 Å². The maximum absolute atomic E-state index is 12.7. The zero-order chi connectivity index (χ0) is 30.0. The van der Waals surface area contributed by atoms with Crippen molar-refractivity contribution < 1.29 is 19.4 Å². The van der Waals surface area contributed by atoms with Gasteiger partial charge >= 0.3 is 6.03 Å². The fourth-order valence-electron chi connectivity index (χ4n) is 7.80. The van der Waals surface area contributed by atoms with Gasteiger partial charge in [0.25, 0.3) is 0 Å². The number of benzene rings is 3. The van der Waals surface area contributed by atoms with Gasteiger partial charge in [0.15, 0.2) is 6.29 Å². The lowest BCUT2D eigenvalue weighted by Crippen LogP contribution is -2.42. The number of aliphatic hydroxyl groups is 1. The highest BCUT2D eigenvalue weighted by molar-refractivity contribution is 5.89. The number of nitrogens with one attached hydrogen (secondary N) is 2. The molecule has 7 nitrogen and oxygen atoms in total. The van der Waals surface area contributed by atoms with Gasteiger partial charge in [0.05, 0.1) is 18.8 Å². The maximum Gasteiger partial charge on any atom is 0.319 e. The van der Waals surface area contributed by atoms with Crippen LogP contribution in [0.5, 0.6) is 0 Å². The fourth-order valence-corrected chi connectivity index (χ4v) is 7.80. The number of aliphatic hydroxyl groups excluding tert-OH is 1. The molecular weight excluding hydrogens is 538 g/mol. The van der Waals surface area contributed by atoms with E-state index in [0.29, 0.717) is 29.1 Å². The first-order valence-corrected chi connectivity index (χ1v) is 15.6. The Balaban J connectivity index is 1.18. The summed E-state index contributed by atoms with van der Waals surface area (Å²) in [5, 5.41) is 15.4. The highest BCUT2D eigenvalue weighted by atomic mass is 16.7. The molecule has 2 unspecified atom stereocenters. The molecule has 1 saturated carbocycles. The molecule has 5 atom stereocenters. The number of rotatable bonds is 8. The van der Waals surface area contributed by atoms with Gasteiger partial charge in [-0.1, -0.05) is 87.5 Å². The van der Waals surface area contributed by atoms with Crippen molar-refractivity contribution >= 4 is 11.7 Å². The average molecular weight is 584 g/mol. The second-order valence-corrected chi connectivity index (χ2v) is 13.9. The Kier molecular flexibility index (Phi) is 8.60. The van der Waals surface area contributed by atoms with Gasteiger partial charge in [0.2, 0.25) is 0 Å². The van der Waals surface area contributed by atoms with Crippen molar-refractivity contribution in [2.24, 2.45) is 10.8 Å². The monoisotopic (exact) mass is 583 g/mol. The Morgan fingerprint density at radius 2 is 1.72 bits per heavy atom. The van der Waals surface area contributed by atoms with Gasteiger partial charge in [-0.05, 0) is 58.9 Å². The van der Waals surface area contributed by atoms with Crippen molar-refractivity contribution in [3.05, 3.63) is 101 Å². The minimum Gasteiger partial charge on any atom is -0.392 e. The van der Waals surface area contributed by atoms with Gasteiger partial charge in [0.1, 0.15) is 0 Å². The third-order valence-corrected chi connectivity index (χ3v) is 9.29. The minimum absolute atomic E-state index is 0.00174. The van der Waals surface area contributed by atoms with E-state index >= 15 is 0 Å². The van der Waals surface area contributed by atoms with E-state index in [0.717, 1.165) is 41.8 Å². The van der Waals surface area contributed by atoms with Crippen molar-refractivity contribution in [3.8, 4) is 0 Å². The van der Waals surface area contributed by atoms with Crippen molar-refractivity contribution in [1.82, 2.24) is 10.2 Å². The van der Waals surface area contributed by atoms with Gasteiger partial charge in [-0.15, -0.1) is 0 Å². The van der Waals surface area contributed by atoms with Crippen LogP contribution >= 0.6 is 0 Å². The summed E-state index contributed by atoms with van der Waals surface area (Å²) in [4.78, 5) is 15.3. The maximum atomic E-state index is 12.7. The Morgan fingerprint density at radius 3 is 2.49 bits per heavy atom. The number of anilines is 1. The number of ether oxygens (including phenoxy) is 2. The van der Waals surface area contributed by atoms with Crippen LogP contribution < -0.4 is 10.6 Å². The zero-order valence-electron chi connectivity index (χ0n) is 25.6. The van der Waals surface area contributed by atoms with Crippen LogP contribution in [0.25, 0.3) is 0 Å². The number of likely N-dealkylation sites (tertiary alicyclic amines) is 1. The number of hydrogen-bond acceptors (Lipinski definition) is 5. The van der Waals surface area contributed by atoms with E-state index < -0.39 is 6.29 Å². The van der Waals surface area contributed by atoms with E-state index in [4.69, 9.17) is 9.47 Å². The topological polar surface area (TPSA) is 83.1 Å². The quantitative estimate of drug-likeness (QED) is 0.267. The third kappa shape index (κ3) is 7.29. The first-order chi connectivity index (χ1) is 20.7. The van der Waals surface area contributed by atoms with E-state index in [-0.39, 0.29) is 24.8 Å². The van der Waals surface area contributed by atoms with Crippen molar-refractivity contribution in [1.29, 1.82) is 0 Å². The van der Waals surface area contributed by atoms with Gasteiger partial charge in [0, 0.05) is 43.3 Å². The third-order valence-electron chi connectivity index (χ3n) is 9.29. The number of nitrogens with zero attached hydrogens (tertiary/aromatic N) is 1. The van der Waals surface area contributed by atoms with Crippen LogP contribution in [-0.4, -0.2) is 41.3 Å². The molecule has 2 amide bonds. The molecular formula is C36H45N3O4. The van der Waals surface area contributed by atoms with Crippen LogP contribution in [0.1, 0.15) is 81.1 Å². The van der Waals surface area contributed by atoms with E-state index in [1.165, 1.54) is 19.3 Å². The first kappa shape index (κ1) is 29.8.